The third-order valence-electron chi connectivity index (χ3n) is 3.70. The van der Waals surface area contributed by atoms with Crippen molar-refractivity contribution < 1.29 is 0 Å². The van der Waals surface area contributed by atoms with Crippen molar-refractivity contribution in [3.63, 3.8) is 0 Å². The Morgan fingerprint density at radius 3 is 2.62 bits per heavy atom. The van der Waals surface area contributed by atoms with Crippen molar-refractivity contribution in [2.75, 3.05) is 6.54 Å². The second-order valence-electron chi connectivity index (χ2n) is 5.21. The highest BCUT2D eigenvalue weighted by molar-refractivity contribution is 9.10. The van der Waals surface area contributed by atoms with Gasteiger partial charge in [-0.05, 0) is 41.3 Å². The topological polar surface area (TPSA) is 17.0 Å². The average Bonchev–Trinajstić information content (AvgIpc) is 2.91. The molecule has 0 aliphatic rings. The highest BCUT2D eigenvalue weighted by Gasteiger charge is 2.06. The lowest BCUT2D eigenvalue weighted by Crippen LogP contribution is -2.13. The van der Waals surface area contributed by atoms with Gasteiger partial charge in [0.1, 0.15) is 0 Å². The molecule has 0 saturated carbocycles. The quantitative estimate of drug-likeness (QED) is 0.719. The summed E-state index contributed by atoms with van der Waals surface area (Å²) in [6, 6.07) is 17.3. The Bertz CT molecular complexity index is 729. The molecule has 0 spiro atoms. The molecule has 3 heteroatoms. The number of nitrogens with zero attached hydrogens (tertiary/aromatic N) is 1. The summed E-state index contributed by atoms with van der Waals surface area (Å²) < 4.78 is 3.46. The van der Waals surface area contributed by atoms with Crippen LogP contribution < -0.4 is 5.32 Å². The molecule has 2 nitrogen and oxygen atoms in total. The number of aromatic nitrogens is 1. The van der Waals surface area contributed by atoms with Gasteiger partial charge in [-0.1, -0.05) is 53.2 Å². The largest absolute Gasteiger partial charge is 0.343 e. The maximum atomic E-state index is 3.49. The van der Waals surface area contributed by atoms with Crippen molar-refractivity contribution in [1.29, 1.82) is 0 Å². The number of hydrogen-bond donors (Lipinski definition) is 1. The minimum absolute atomic E-state index is 0.903. The smallest absolute Gasteiger partial charge is 0.0529 e. The van der Waals surface area contributed by atoms with E-state index in [1.165, 1.54) is 22.0 Å². The molecular formula is C18H19BrN2. The van der Waals surface area contributed by atoms with Crippen LogP contribution in [0.25, 0.3) is 10.9 Å². The molecule has 1 heterocycles. The van der Waals surface area contributed by atoms with E-state index in [1.54, 1.807) is 0 Å². The van der Waals surface area contributed by atoms with E-state index >= 15 is 0 Å². The Balaban J connectivity index is 1.96. The van der Waals surface area contributed by atoms with Crippen molar-refractivity contribution >= 4 is 26.8 Å². The standard InChI is InChI=1S/C18H19BrN2/c1-2-20-12-16-5-3-4-15-10-11-21(18(15)16)13-14-6-8-17(19)9-7-14/h3-11,20H,2,12-13H2,1H3. The summed E-state index contributed by atoms with van der Waals surface area (Å²) in [5, 5.41) is 4.73. The second-order valence-corrected chi connectivity index (χ2v) is 6.12. The predicted molar refractivity (Wildman–Crippen MR) is 92.6 cm³/mol. The minimum Gasteiger partial charge on any atom is -0.343 e. The molecule has 1 aromatic heterocycles. The van der Waals surface area contributed by atoms with E-state index in [4.69, 9.17) is 0 Å². The van der Waals surface area contributed by atoms with Gasteiger partial charge in [-0.15, -0.1) is 0 Å². The van der Waals surface area contributed by atoms with Crippen LogP contribution in [0.2, 0.25) is 0 Å². The minimum atomic E-state index is 0.903. The van der Waals surface area contributed by atoms with E-state index in [0.29, 0.717) is 0 Å². The van der Waals surface area contributed by atoms with Gasteiger partial charge in [0.25, 0.3) is 0 Å². The van der Waals surface area contributed by atoms with E-state index < -0.39 is 0 Å². The zero-order valence-corrected chi connectivity index (χ0v) is 13.7. The lowest BCUT2D eigenvalue weighted by molar-refractivity contribution is 0.724. The first-order chi connectivity index (χ1) is 10.3. The Morgan fingerprint density at radius 2 is 1.86 bits per heavy atom. The summed E-state index contributed by atoms with van der Waals surface area (Å²) in [7, 11) is 0. The van der Waals surface area contributed by atoms with Crippen LogP contribution in [0.4, 0.5) is 0 Å². The molecule has 0 atom stereocenters. The summed E-state index contributed by atoms with van der Waals surface area (Å²) in [6.45, 7) is 4.95. The molecule has 0 aliphatic heterocycles. The fraction of sp³-hybridized carbons (Fsp3) is 0.222. The monoisotopic (exact) mass is 342 g/mol. The van der Waals surface area contributed by atoms with Crippen LogP contribution in [-0.2, 0) is 13.1 Å². The first kappa shape index (κ1) is 14.4. The first-order valence-corrected chi connectivity index (χ1v) is 8.09. The van der Waals surface area contributed by atoms with Crippen molar-refractivity contribution in [2.45, 2.75) is 20.0 Å². The summed E-state index contributed by atoms with van der Waals surface area (Å²) in [4.78, 5) is 0. The molecule has 0 aliphatic carbocycles. The maximum Gasteiger partial charge on any atom is 0.0529 e. The molecule has 0 radical (unpaired) electrons. The Labute approximate surface area is 133 Å². The number of nitrogens with one attached hydrogen (secondary N) is 1. The summed E-state index contributed by atoms with van der Waals surface area (Å²) in [5.74, 6) is 0. The molecule has 0 unspecified atom stereocenters. The molecule has 21 heavy (non-hydrogen) atoms. The van der Waals surface area contributed by atoms with Crippen molar-refractivity contribution in [3.8, 4) is 0 Å². The van der Waals surface area contributed by atoms with Gasteiger partial charge in [0.05, 0.1) is 5.52 Å². The number of halogens is 1. The molecule has 3 aromatic rings. The fourth-order valence-corrected chi connectivity index (χ4v) is 2.93. The molecule has 0 fully saturated rings. The van der Waals surface area contributed by atoms with Crippen molar-refractivity contribution in [3.05, 3.63) is 70.3 Å². The molecule has 0 amide bonds. The molecule has 3 rings (SSSR count). The van der Waals surface area contributed by atoms with Crippen LogP contribution >= 0.6 is 15.9 Å². The van der Waals surface area contributed by atoms with Crippen molar-refractivity contribution in [1.82, 2.24) is 9.88 Å². The van der Waals surface area contributed by atoms with Crippen molar-refractivity contribution in [2.24, 2.45) is 0 Å². The molecule has 2 aromatic carbocycles. The number of para-hydroxylation sites is 1. The Morgan fingerprint density at radius 1 is 1.05 bits per heavy atom. The molecule has 1 N–H and O–H groups in total. The highest BCUT2D eigenvalue weighted by Crippen LogP contribution is 2.22. The summed E-state index contributed by atoms with van der Waals surface area (Å²) in [5.41, 5.74) is 4.01. The van der Waals surface area contributed by atoms with Gasteiger partial charge in [0.15, 0.2) is 0 Å². The summed E-state index contributed by atoms with van der Waals surface area (Å²) in [6.07, 6.45) is 2.18. The third kappa shape index (κ3) is 3.20. The first-order valence-electron chi connectivity index (χ1n) is 7.30. The van der Waals surface area contributed by atoms with Gasteiger partial charge in [-0.25, -0.2) is 0 Å². The normalized spacial score (nSPS) is 11.1. The van der Waals surface area contributed by atoms with Gasteiger partial charge in [0, 0.05) is 23.8 Å². The Kier molecular flexibility index (Phi) is 4.42. The van der Waals surface area contributed by atoms with E-state index in [9.17, 15) is 0 Å². The van der Waals surface area contributed by atoms with Crippen LogP contribution in [-0.4, -0.2) is 11.1 Å². The number of hydrogen-bond acceptors (Lipinski definition) is 1. The van der Waals surface area contributed by atoms with E-state index in [-0.39, 0.29) is 0 Å². The van der Waals surface area contributed by atoms with Crippen LogP contribution in [0.15, 0.2) is 59.2 Å². The van der Waals surface area contributed by atoms with Gasteiger partial charge in [-0.2, -0.15) is 0 Å². The number of benzene rings is 2. The van der Waals surface area contributed by atoms with E-state index in [2.05, 4.69) is 87.5 Å². The van der Waals surface area contributed by atoms with E-state index in [0.717, 1.165) is 24.1 Å². The zero-order chi connectivity index (χ0) is 14.7. The maximum absolute atomic E-state index is 3.49. The lowest BCUT2D eigenvalue weighted by Gasteiger charge is -2.11. The van der Waals surface area contributed by atoms with Gasteiger partial charge >= 0.3 is 0 Å². The Hall–Kier alpha value is -1.58. The van der Waals surface area contributed by atoms with E-state index in [1.807, 2.05) is 0 Å². The van der Waals surface area contributed by atoms with Crippen LogP contribution in [0.1, 0.15) is 18.1 Å². The third-order valence-corrected chi connectivity index (χ3v) is 4.23. The average molecular weight is 343 g/mol. The fourth-order valence-electron chi connectivity index (χ4n) is 2.66. The van der Waals surface area contributed by atoms with Gasteiger partial charge in [0.2, 0.25) is 0 Å². The van der Waals surface area contributed by atoms with Crippen LogP contribution in [0.5, 0.6) is 0 Å². The molecular weight excluding hydrogens is 324 g/mol. The molecule has 0 bridgehead atoms. The molecule has 108 valence electrons. The second kappa shape index (κ2) is 6.46. The number of rotatable bonds is 5. The van der Waals surface area contributed by atoms with Crippen LogP contribution in [0, 0.1) is 0 Å². The van der Waals surface area contributed by atoms with Gasteiger partial charge in [-0.3, -0.25) is 0 Å². The zero-order valence-electron chi connectivity index (χ0n) is 12.1. The summed E-state index contributed by atoms with van der Waals surface area (Å²) >= 11 is 3.49. The van der Waals surface area contributed by atoms with Gasteiger partial charge < -0.3 is 9.88 Å². The lowest BCUT2D eigenvalue weighted by atomic mass is 10.1. The number of fused-ring (bicyclic) bond motifs is 1. The van der Waals surface area contributed by atoms with Crippen LogP contribution in [0.3, 0.4) is 0 Å². The SMILES string of the molecule is CCNCc1cccc2ccn(Cc3ccc(Br)cc3)c12. The predicted octanol–water partition coefficient (Wildman–Crippen LogP) is 4.56. The highest BCUT2D eigenvalue weighted by atomic mass is 79.9. The molecule has 0 saturated heterocycles.